The first-order valence-electron chi connectivity index (χ1n) is 5.36. The van der Waals surface area contributed by atoms with Crippen molar-refractivity contribution in [2.45, 2.75) is 40.0 Å². The maximum absolute atomic E-state index is 11.0. The number of hydrogen-bond donors (Lipinski definition) is 0. The Kier molecular flexibility index (Phi) is 3.52. The Bertz CT molecular complexity index is 361. The molecule has 0 saturated carbocycles. The van der Waals surface area contributed by atoms with Crippen molar-refractivity contribution >= 4 is 5.78 Å². The van der Waals surface area contributed by atoms with E-state index in [-0.39, 0.29) is 11.2 Å². The molecule has 15 heavy (non-hydrogen) atoms. The van der Waals surface area contributed by atoms with E-state index in [0.717, 1.165) is 6.42 Å². The minimum absolute atomic E-state index is 0.174. The van der Waals surface area contributed by atoms with E-state index in [1.54, 1.807) is 0 Å². The Hall–Kier alpha value is -1.29. The van der Waals surface area contributed by atoms with Gasteiger partial charge in [-0.1, -0.05) is 25.5 Å². The number of allylic oxidation sites excluding steroid dienone is 4. The lowest BCUT2D eigenvalue weighted by atomic mass is 9.72. The molecular weight excluding hydrogens is 184 g/mol. The number of terminal acetylenes is 1. The summed E-state index contributed by atoms with van der Waals surface area (Å²) < 4.78 is 0. The van der Waals surface area contributed by atoms with Crippen molar-refractivity contribution in [2.75, 3.05) is 0 Å². The molecule has 0 heterocycles. The monoisotopic (exact) mass is 202 g/mol. The summed E-state index contributed by atoms with van der Waals surface area (Å²) in [5.74, 6) is 1.85. The average molecular weight is 202 g/mol. The highest BCUT2D eigenvalue weighted by molar-refractivity contribution is 6.03. The van der Waals surface area contributed by atoms with Crippen LogP contribution in [-0.4, -0.2) is 5.78 Å². The van der Waals surface area contributed by atoms with E-state index in [0.29, 0.717) is 0 Å². The van der Waals surface area contributed by atoms with Gasteiger partial charge in [0, 0.05) is 0 Å². The summed E-state index contributed by atoms with van der Waals surface area (Å²) in [6, 6.07) is 0. The zero-order valence-electron chi connectivity index (χ0n) is 9.76. The van der Waals surface area contributed by atoms with Gasteiger partial charge in [0.2, 0.25) is 5.78 Å². The molecule has 0 amide bonds. The van der Waals surface area contributed by atoms with Crippen LogP contribution in [0.25, 0.3) is 0 Å². The number of hydrogen-bond acceptors (Lipinski definition) is 1. The molecule has 1 rings (SSSR count). The standard InChI is InChI=1S/C14H18O/c1-5-12(15)8-9-13-11(2)7-6-10-14(13,3)4/h1,8-9H,6-7,10H2,2-4H3/b9-8+. The maximum atomic E-state index is 11.0. The Morgan fingerprint density at radius 1 is 1.53 bits per heavy atom. The molecular formula is C14H18O. The van der Waals surface area contributed by atoms with Crippen molar-refractivity contribution in [3.63, 3.8) is 0 Å². The molecule has 1 aliphatic carbocycles. The maximum Gasteiger partial charge on any atom is 0.228 e. The summed E-state index contributed by atoms with van der Waals surface area (Å²) in [5.41, 5.74) is 2.83. The van der Waals surface area contributed by atoms with Gasteiger partial charge in [0.15, 0.2) is 0 Å². The lowest BCUT2D eigenvalue weighted by Gasteiger charge is -2.32. The van der Waals surface area contributed by atoms with Gasteiger partial charge in [-0.05, 0) is 49.2 Å². The van der Waals surface area contributed by atoms with E-state index in [9.17, 15) is 4.79 Å². The number of rotatable bonds is 2. The predicted octanol–water partition coefficient (Wildman–Crippen LogP) is 3.27. The zero-order valence-corrected chi connectivity index (χ0v) is 9.76. The van der Waals surface area contributed by atoms with Crippen molar-refractivity contribution in [3.05, 3.63) is 23.3 Å². The van der Waals surface area contributed by atoms with E-state index < -0.39 is 0 Å². The largest absolute Gasteiger partial charge is 0.280 e. The second-order valence-corrected chi connectivity index (χ2v) is 4.77. The number of ketones is 1. The fourth-order valence-electron chi connectivity index (χ4n) is 2.22. The smallest absolute Gasteiger partial charge is 0.228 e. The van der Waals surface area contributed by atoms with Crippen molar-refractivity contribution < 1.29 is 4.79 Å². The van der Waals surface area contributed by atoms with Crippen LogP contribution < -0.4 is 0 Å². The summed E-state index contributed by atoms with van der Waals surface area (Å²) in [7, 11) is 0. The Morgan fingerprint density at radius 3 is 2.73 bits per heavy atom. The number of carbonyl (C=O) groups excluding carboxylic acids is 1. The van der Waals surface area contributed by atoms with Gasteiger partial charge >= 0.3 is 0 Å². The first kappa shape index (κ1) is 11.8. The van der Waals surface area contributed by atoms with Crippen LogP contribution in [0, 0.1) is 17.8 Å². The molecule has 0 unspecified atom stereocenters. The first-order valence-corrected chi connectivity index (χ1v) is 5.36. The van der Waals surface area contributed by atoms with E-state index in [1.165, 1.54) is 30.1 Å². The summed E-state index contributed by atoms with van der Waals surface area (Å²) in [6.45, 7) is 6.58. The summed E-state index contributed by atoms with van der Waals surface area (Å²) in [6.07, 6.45) is 12.0. The lowest BCUT2D eigenvalue weighted by Crippen LogP contribution is -2.19. The SMILES string of the molecule is C#CC(=O)/C=C/C1=C(C)CCCC1(C)C. The molecule has 0 aromatic carbocycles. The van der Waals surface area contributed by atoms with Gasteiger partial charge in [-0.3, -0.25) is 4.79 Å². The molecule has 1 aliphatic rings. The van der Waals surface area contributed by atoms with Gasteiger partial charge in [0.25, 0.3) is 0 Å². The van der Waals surface area contributed by atoms with Crippen LogP contribution >= 0.6 is 0 Å². The average Bonchev–Trinajstić information content (AvgIpc) is 2.15. The molecule has 0 aromatic rings. The van der Waals surface area contributed by atoms with Crippen LogP contribution in [0.3, 0.4) is 0 Å². The lowest BCUT2D eigenvalue weighted by molar-refractivity contribution is -0.109. The normalized spacial score (nSPS) is 20.4. The van der Waals surface area contributed by atoms with Crippen LogP contribution in [0.2, 0.25) is 0 Å². The third-order valence-corrected chi connectivity index (χ3v) is 3.09. The molecule has 0 bridgehead atoms. The summed E-state index contributed by atoms with van der Waals surface area (Å²) in [4.78, 5) is 11.0. The van der Waals surface area contributed by atoms with Crippen LogP contribution in [0.5, 0.6) is 0 Å². The zero-order chi connectivity index (χ0) is 11.5. The van der Waals surface area contributed by atoms with Crippen LogP contribution in [-0.2, 0) is 4.79 Å². The molecule has 0 aliphatic heterocycles. The van der Waals surface area contributed by atoms with E-state index >= 15 is 0 Å². The summed E-state index contributed by atoms with van der Waals surface area (Å²) >= 11 is 0. The Labute approximate surface area is 92.3 Å². The predicted molar refractivity (Wildman–Crippen MR) is 63.3 cm³/mol. The van der Waals surface area contributed by atoms with Gasteiger partial charge < -0.3 is 0 Å². The van der Waals surface area contributed by atoms with Crippen molar-refractivity contribution in [3.8, 4) is 12.3 Å². The van der Waals surface area contributed by atoms with Gasteiger partial charge in [-0.15, -0.1) is 6.42 Å². The van der Waals surface area contributed by atoms with Gasteiger partial charge in [0.1, 0.15) is 0 Å². The van der Waals surface area contributed by atoms with Crippen LogP contribution in [0.4, 0.5) is 0 Å². The van der Waals surface area contributed by atoms with Crippen molar-refractivity contribution in [1.82, 2.24) is 0 Å². The second kappa shape index (κ2) is 4.49. The summed E-state index contributed by atoms with van der Waals surface area (Å²) in [5, 5.41) is 0. The first-order chi connectivity index (χ1) is 6.97. The highest BCUT2D eigenvalue weighted by Crippen LogP contribution is 2.40. The molecule has 0 fully saturated rings. The highest BCUT2D eigenvalue weighted by Gasteiger charge is 2.26. The van der Waals surface area contributed by atoms with E-state index in [4.69, 9.17) is 6.42 Å². The van der Waals surface area contributed by atoms with Gasteiger partial charge in [-0.25, -0.2) is 0 Å². The van der Waals surface area contributed by atoms with Crippen LogP contribution in [0.15, 0.2) is 23.3 Å². The molecule has 0 spiro atoms. The Morgan fingerprint density at radius 2 is 2.20 bits per heavy atom. The minimum atomic E-state index is -0.253. The molecule has 80 valence electrons. The minimum Gasteiger partial charge on any atom is -0.280 e. The number of carbonyl (C=O) groups is 1. The fourth-order valence-corrected chi connectivity index (χ4v) is 2.22. The Balaban J connectivity index is 2.96. The molecule has 0 radical (unpaired) electrons. The third kappa shape index (κ3) is 2.83. The highest BCUT2D eigenvalue weighted by atomic mass is 16.1. The molecule has 1 heteroatoms. The topological polar surface area (TPSA) is 17.1 Å². The fraction of sp³-hybridized carbons (Fsp3) is 0.500. The van der Waals surface area contributed by atoms with Gasteiger partial charge in [-0.2, -0.15) is 0 Å². The third-order valence-electron chi connectivity index (χ3n) is 3.09. The van der Waals surface area contributed by atoms with Crippen molar-refractivity contribution in [2.24, 2.45) is 5.41 Å². The van der Waals surface area contributed by atoms with Crippen LogP contribution in [0.1, 0.15) is 40.0 Å². The molecule has 1 nitrogen and oxygen atoms in total. The second-order valence-electron chi connectivity index (χ2n) is 4.77. The molecule has 0 atom stereocenters. The molecule has 0 saturated heterocycles. The molecule has 0 aromatic heterocycles. The van der Waals surface area contributed by atoms with E-state index in [2.05, 4.69) is 26.7 Å². The van der Waals surface area contributed by atoms with Gasteiger partial charge in [0.05, 0.1) is 0 Å². The van der Waals surface area contributed by atoms with Crippen molar-refractivity contribution in [1.29, 1.82) is 0 Å². The molecule has 0 N–H and O–H groups in total. The quantitative estimate of drug-likeness (QED) is 0.381. The van der Waals surface area contributed by atoms with E-state index in [1.807, 2.05) is 6.08 Å².